The van der Waals surface area contributed by atoms with Crippen molar-refractivity contribution in [1.29, 1.82) is 0 Å². The van der Waals surface area contributed by atoms with Gasteiger partial charge in [0.2, 0.25) is 0 Å². The molecule has 1 amide bonds. The number of halogens is 1. The third-order valence-corrected chi connectivity index (χ3v) is 3.52. The molecule has 0 bridgehead atoms. The molecule has 0 saturated heterocycles. The summed E-state index contributed by atoms with van der Waals surface area (Å²) in [7, 11) is 0. The van der Waals surface area contributed by atoms with Crippen LogP contribution >= 0.6 is 11.6 Å². The lowest BCUT2D eigenvalue weighted by Crippen LogP contribution is -2.29. The van der Waals surface area contributed by atoms with E-state index in [1.807, 2.05) is 18.2 Å². The summed E-state index contributed by atoms with van der Waals surface area (Å²) in [6.07, 6.45) is 6.52. The zero-order valence-electron chi connectivity index (χ0n) is 12.7. The van der Waals surface area contributed by atoms with Gasteiger partial charge in [-0.25, -0.2) is 9.67 Å². The molecule has 24 heavy (non-hydrogen) atoms. The Morgan fingerprint density at radius 2 is 2.04 bits per heavy atom. The van der Waals surface area contributed by atoms with E-state index in [1.165, 1.54) is 0 Å². The number of carbonyl (C=O) groups is 1. The lowest BCUT2D eigenvalue weighted by atomic mass is 10.3. The van der Waals surface area contributed by atoms with Gasteiger partial charge in [-0.1, -0.05) is 23.7 Å². The van der Waals surface area contributed by atoms with Crippen LogP contribution in [0, 0.1) is 0 Å². The van der Waals surface area contributed by atoms with E-state index in [4.69, 9.17) is 11.6 Å². The van der Waals surface area contributed by atoms with E-state index in [9.17, 15) is 4.79 Å². The van der Waals surface area contributed by atoms with E-state index in [2.05, 4.69) is 25.7 Å². The zero-order chi connectivity index (χ0) is 16.8. The molecular weight excluding hydrogens is 328 g/mol. The van der Waals surface area contributed by atoms with Crippen molar-refractivity contribution in [3.05, 3.63) is 65.8 Å². The van der Waals surface area contributed by atoms with E-state index in [1.54, 1.807) is 41.6 Å². The lowest BCUT2D eigenvalue weighted by Gasteiger charge is -2.06. The average Bonchev–Trinajstić information content (AvgIpc) is 3.10. The quantitative estimate of drug-likeness (QED) is 0.670. The summed E-state index contributed by atoms with van der Waals surface area (Å²) in [6.45, 7) is 0.976. The largest absolute Gasteiger partial charge is 0.367 e. The van der Waals surface area contributed by atoms with Crippen molar-refractivity contribution in [1.82, 2.24) is 25.1 Å². The van der Waals surface area contributed by atoms with Crippen molar-refractivity contribution < 1.29 is 4.79 Å². The molecule has 0 atom stereocenters. The van der Waals surface area contributed by atoms with Crippen LogP contribution in [0.3, 0.4) is 0 Å². The maximum atomic E-state index is 12.1. The van der Waals surface area contributed by atoms with Crippen LogP contribution in [-0.4, -0.2) is 38.7 Å². The molecule has 3 rings (SSSR count). The molecule has 0 saturated carbocycles. The highest BCUT2D eigenvalue weighted by atomic mass is 35.5. The number of nitrogens with zero attached hydrogens (tertiary/aromatic N) is 4. The number of aromatic nitrogens is 4. The molecule has 0 aliphatic heterocycles. The van der Waals surface area contributed by atoms with Gasteiger partial charge >= 0.3 is 0 Å². The second-order valence-electron chi connectivity index (χ2n) is 4.87. The SMILES string of the molecule is O=C(NCCNc1cnccn1)c1ccn(-c2ccccc2Cl)n1. The van der Waals surface area contributed by atoms with Gasteiger partial charge in [0, 0.05) is 31.7 Å². The number of anilines is 1. The van der Waals surface area contributed by atoms with Gasteiger partial charge in [-0.3, -0.25) is 9.78 Å². The molecule has 0 radical (unpaired) electrons. The van der Waals surface area contributed by atoms with Crippen LogP contribution in [0.4, 0.5) is 5.82 Å². The summed E-state index contributed by atoms with van der Waals surface area (Å²) in [6, 6.07) is 8.96. The fourth-order valence-corrected chi connectivity index (χ4v) is 2.29. The smallest absolute Gasteiger partial charge is 0.271 e. The lowest BCUT2D eigenvalue weighted by molar-refractivity contribution is 0.0950. The molecule has 0 aliphatic rings. The first-order chi connectivity index (χ1) is 11.7. The Balaban J connectivity index is 1.54. The summed E-state index contributed by atoms with van der Waals surface area (Å²) in [5.74, 6) is 0.413. The number of benzene rings is 1. The first-order valence-electron chi connectivity index (χ1n) is 7.33. The monoisotopic (exact) mass is 342 g/mol. The normalized spacial score (nSPS) is 10.4. The van der Waals surface area contributed by atoms with Crippen molar-refractivity contribution >= 4 is 23.3 Å². The fourth-order valence-electron chi connectivity index (χ4n) is 2.06. The number of carbonyl (C=O) groups excluding carboxylic acids is 1. The second kappa shape index (κ2) is 7.56. The second-order valence-corrected chi connectivity index (χ2v) is 5.28. The Bertz CT molecular complexity index is 820. The van der Waals surface area contributed by atoms with Crippen molar-refractivity contribution in [3.63, 3.8) is 0 Å². The Kier molecular flexibility index (Phi) is 5.02. The first kappa shape index (κ1) is 15.9. The number of rotatable bonds is 6. The summed E-state index contributed by atoms with van der Waals surface area (Å²) in [4.78, 5) is 20.1. The highest BCUT2D eigenvalue weighted by Crippen LogP contribution is 2.18. The maximum Gasteiger partial charge on any atom is 0.271 e. The number of hydrogen-bond acceptors (Lipinski definition) is 5. The van der Waals surface area contributed by atoms with Crippen LogP contribution in [0.1, 0.15) is 10.5 Å². The van der Waals surface area contributed by atoms with Gasteiger partial charge in [0.25, 0.3) is 5.91 Å². The minimum Gasteiger partial charge on any atom is -0.367 e. The standard InChI is InChI=1S/C16H15ClN6O/c17-12-3-1-2-4-14(12)23-10-5-13(22-23)16(24)21-9-8-20-15-11-18-6-7-19-15/h1-7,10-11H,8-9H2,(H,19,20)(H,21,24). The van der Waals surface area contributed by atoms with Gasteiger partial charge in [-0.05, 0) is 18.2 Å². The number of amides is 1. The Hall–Kier alpha value is -2.93. The molecular formula is C16H15ClN6O. The molecule has 8 heteroatoms. The minimum atomic E-state index is -0.248. The molecule has 2 N–H and O–H groups in total. The molecule has 122 valence electrons. The third-order valence-electron chi connectivity index (χ3n) is 3.20. The maximum absolute atomic E-state index is 12.1. The molecule has 7 nitrogen and oxygen atoms in total. The van der Waals surface area contributed by atoms with Crippen LogP contribution in [0.5, 0.6) is 0 Å². The molecule has 0 fully saturated rings. The Labute approximate surface area is 143 Å². The van der Waals surface area contributed by atoms with Crippen molar-refractivity contribution in [3.8, 4) is 5.69 Å². The highest BCUT2D eigenvalue weighted by molar-refractivity contribution is 6.32. The highest BCUT2D eigenvalue weighted by Gasteiger charge is 2.10. The molecule has 0 aliphatic carbocycles. The molecule has 0 unspecified atom stereocenters. The summed E-state index contributed by atoms with van der Waals surface area (Å²) < 4.78 is 1.58. The van der Waals surface area contributed by atoms with Gasteiger partial charge in [-0.15, -0.1) is 0 Å². The van der Waals surface area contributed by atoms with Gasteiger partial charge in [0.15, 0.2) is 5.69 Å². The molecule has 1 aromatic carbocycles. The van der Waals surface area contributed by atoms with Crippen molar-refractivity contribution in [2.75, 3.05) is 18.4 Å². The summed E-state index contributed by atoms with van der Waals surface area (Å²) >= 11 is 6.13. The van der Waals surface area contributed by atoms with Crippen molar-refractivity contribution in [2.24, 2.45) is 0 Å². The molecule has 3 aromatic rings. The molecule has 0 spiro atoms. The number of hydrogen-bond donors (Lipinski definition) is 2. The Morgan fingerprint density at radius 1 is 1.17 bits per heavy atom. The summed E-state index contributed by atoms with van der Waals surface area (Å²) in [5.41, 5.74) is 1.05. The van der Waals surface area contributed by atoms with Crippen LogP contribution < -0.4 is 10.6 Å². The van der Waals surface area contributed by atoms with E-state index in [0.29, 0.717) is 29.6 Å². The van der Waals surface area contributed by atoms with Gasteiger partial charge < -0.3 is 10.6 Å². The predicted octanol–water partition coefficient (Wildman–Crippen LogP) is 2.16. The molecule has 2 aromatic heterocycles. The fraction of sp³-hybridized carbons (Fsp3) is 0.125. The number of nitrogens with one attached hydrogen (secondary N) is 2. The van der Waals surface area contributed by atoms with E-state index < -0.39 is 0 Å². The van der Waals surface area contributed by atoms with E-state index >= 15 is 0 Å². The average molecular weight is 343 g/mol. The first-order valence-corrected chi connectivity index (χ1v) is 7.70. The Morgan fingerprint density at radius 3 is 2.83 bits per heavy atom. The van der Waals surface area contributed by atoms with Crippen LogP contribution in [0.15, 0.2) is 55.1 Å². The number of para-hydroxylation sites is 1. The topological polar surface area (TPSA) is 84.7 Å². The third kappa shape index (κ3) is 3.88. The van der Waals surface area contributed by atoms with E-state index in [0.717, 1.165) is 5.69 Å². The molecule has 2 heterocycles. The van der Waals surface area contributed by atoms with E-state index in [-0.39, 0.29) is 5.91 Å². The van der Waals surface area contributed by atoms with Crippen LogP contribution in [0.2, 0.25) is 5.02 Å². The summed E-state index contributed by atoms with van der Waals surface area (Å²) in [5, 5.41) is 10.7. The van der Waals surface area contributed by atoms with Gasteiger partial charge in [-0.2, -0.15) is 5.10 Å². The van der Waals surface area contributed by atoms with Crippen molar-refractivity contribution in [2.45, 2.75) is 0 Å². The minimum absolute atomic E-state index is 0.248. The van der Waals surface area contributed by atoms with Crippen LogP contribution in [0.25, 0.3) is 5.69 Å². The zero-order valence-corrected chi connectivity index (χ0v) is 13.4. The predicted molar refractivity (Wildman–Crippen MR) is 91.4 cm³/mol. The van der Waals surface area contributed by atoms with Gasteiger partial charge in [0.1, 0.15) is 5.82 Å². The van der Waals surface area contributed by atoms with Crippen LogP contribution in [-0.2, 0) is 0 Å². The van der Waals surface area contributed by atoms with Gasteiger partial charge in [0.05, 0.1) is 16.9 Å².